The fraction of sp³-hybridized carbons (Fsp3) is 0.455. The van der Waals surface area contributed by atoms with E-state index in [1.165, 1.54) is 11.3 Å². The first-order chi connectivity index (χ1) is 8.08. The van der Waals surface area contributed by atoms with Gasteiger partial charge >= 0.3 is 5.97 Å². The number of hydrogen-bond donors (Lipinski definition) is 2. The molecule has 1 heterocycles. The van der Waals surface area contributed by atoms with Crippen LogP contribution in [0.5, 0.6) is 0 Å². The minimum atomic E-state index is -0.422. The van der Waals surface area contributed by atoms with Gasteiger partial charge in [-0.1, -0.05) is 6.92 Å². The molecule has 1 amide bonds. The number of carbonyl (C=O) groups excluding carboxylic acids is 2. The zero-order valence-electron chi connectivity index (χ0n) is 9.91. The van der Waals surface area contributed by atoms with Crippen LogP contribution in [0.3, 0.4) is 0 Å². The molecule has 1 aromatic heterocycles. The highest BCUT2D eigenvalue weighted by Gasteiger charge is 2.15. The van der Waals surface area contributed by atoms with Crippen molar-refractivity contribution in [3.05, 3.63) is 16.5 Å². The van der Waals surface area contributed by atoms with E-state index in [2.05, 4.69) is 5.32 Å². The molecule has 3 N–H and O–H groups in total. The van der Waals surface area contributed by atoms with E-state index in [1.54, 1.807) is 19.9 Å². The Morgan fingerprint density at radius 2 is 2.18 bits per heavy atom. The Bertz CT molecular complexity index is 415. The monoisotopic (exact) mass is 256 g/mol. The van der Waals surface area contributed by atoms with Gasteiger partial charge in [-0.3, -0.25) is 4.79 Å². The number of thiophene rings is 1. The molecule has 5 nitrogen and oxygen atoms in total. The smallest absolute Gasteiger partial charge is 0.341 e. The Hall–Kier alpha value is -1.56. The zero-order chi connectivity index (χ0) is 12.8. The lowest BCUT2D eigenvalue weighted by atomic mass is 10.3. The van der Waals surface area contributed by atoms with E-state index >= 15 is 0 Å². The van der Waals surface area contributed by atoms with Gasteiger partial charge in [-0.25, -0.2) is 4.79 Å². The van der Waals surface area contributed by atoms with Crippen LogP contribution in [0.15, 0.2) is 6.07 Å². The Morgan fingerprint density at radius 3 is 2.76 bits per heavy atom. The number of esters is 1. The average Bonchev–Trinajstić information content (AvgIpc) is 2.68. The molecule has 0 aliphatic heterocycles. The zero-order valence-corrected chi connectivity index (χ0v) is 10.7. The number of rotatable bonds is 5. The predicted octanol–water partition coefficient (Wildman–Crippen LogP) is 1.53. The van der Waals surface area contributed by atoms with Gasteiger partial charge in [0.05, 0.1) is 18.7 Å². The van der Waals surface area contributed by atoms with Crippen LogP contribution < -0.4 is 11.1 Å². The quantitative estimate of drug-likeness (QED) is 0.783. The molecule has 0 aromatic carbocycles. The van der Waals surface area contributed by atoms with Gasteiger partial charge in [0.1, 0.15) is 5.00 Å². The van der Waals surface area contributed by atoms with Gasteiger partial charge in [0.2, 0.25) is 5.91 Å². The Morgan fingerprint density at radius 1 is 1.47 bits per heavy atom. The van der Waals surface area contributed by atoms with E-state index < -0.39 is 5.97 Å². The van der Waals surface area contributed by atoms with Crippen molar-refractivity contribution in [2.45, 2.75) is 26.8 Å². The van der Waals surface area contributed by atoms with Gasteiger partial charge in [0.15, 0.2) is 0 Å². The van der Waals surface area contributed by atoms with Gasteiger partial charge in [-0.15, -0.1) is 11.3 Å². The topological polar surface area (TPSA) is 81.4 Å². The molecular weight excluding hydrogens is 240 g/mol. The Kier molecular flexibility index (Phi) is 4.96. The number of carbonyl (C=O) groups is 2. The molecule has 0 saturated carbocycles. The fourth-order valence-electron chi connectivity index (χ4n) is 1.22. The van der Waals surface area contributed by atoms with Crippen molar-refractivity contribution in [1.82, 2.24) is 5.32 Å². The van der Waals surface area contributed by atoms with Crippen LogP contribution in [-0.4, -0.2) is 18.5 Å². The van der Waals surface area contributed by atoms with Crippen LogP contribution in [0.1, 0.15) is 35.5 Å². The first-order valence-corrected chi connectivity index (χ1v) is 6.22. The number of ether oxygens (including phenoxy) is 1. The standard InChI is InChI=1S/C11H16N2O3S/c1-3-9(14)13-6-7-5-8(10(12)17-7)11(15)16-4-2/h5H,3-4,6,12H2,1-2H3,(H,13,14). The number of nitrogens with two attached hydrogens (primary N) is 1. The van der Waals surface area contributed by atoms with Crippen molar-refractivity contribution < 1.29 is 14.3 Å². The first kappa shape index (κ1) is 13.5. The molecule has 17 heavy (non-hydrogen) atoms. The molecule has 94 valence electrons. The summed E-state index contributed by atoms with van der Waals surface area (Å²) < 4.78 is 4.87. The summed E-state index contributed by atoms with van der Waals surface area (Å²) in [5.74, 6) is -0.455. The highest BCUT2D eigenvalue weighted by molar-refractivity contribution is 7.16. The second-order valence-electron chi connectivity index (χ2n) is 3.34. The van der Waals surface area contributed by atoms with Crippen LogP contribution in [-0.2, 0) is 16.1 Å². The summed E-state index contributed by atoms with van der Waals surface area (Å²) in [5.41, 5.74) is 6.09. The largest absolute Gasteiger partial charge is 0.462 e. The second kappa shape index (κ2) is 6.24. The summed E-state index contributed by atoms with van der Waals surface area (Å²) in [4.78, 5) is 23.4. The molecule has 1 aromatic rings. The van der Waals surface area contributed by atoms with Crippen LogP contribution in [0.2, 0.25) is 0 Å². The van der Waals surface area contributed by atoms with Crippen molar-refractivity contribution >= 4 is 28.2 Å². The SMILES string of the molecule is CCOC(=O)c1cc(CNC(=O)CC)sc1N. The third-order valence-corrected chi connectivity index (χ3v) is 3.05. The van der Waals surface area contributed by atoms with Crippen molar-refractivity contribution in [3.8, 4) is 0 Å². The predicted molar refractivity (Wildman–Crippen MR) is 66.8 cm³/mol. The van der Waals surface area contributed by atoms with Gasteiger partial charge < -0.3 is 15.8 Å². The van der Waals surface area contributed by atoms with E-state index in [4.69, 9.17) is 10.5 Å². The molecule has 0 saturated heterocycles. The highest BCUT2D eigenvalue weighted by atomic mass is 32.1. The number of hydrogen-bond acceptors (Lipinski definition) is 5. The van der Waals surface area contributed by atoms with Gasteiger partial charge in [0, 0.05) is 11.3 Å². The van der Waals surface area contributed by atoms with Crippen molar-refractivity contribution in [1.29, 1.82) is 0 Å². The molecule has 0 radical (unpaired) electrons. The van der Waals surface area contributed by atoms with Crippen LogP contribution >= 0.6 is 11.3 Å². The van der Waals surface area contributed by atoms with Crippen molar-refractivity contribution in [2.24, 2.45) is 0 Å². The minimum Gasteiger partial charge on any atom is -0.462 e. The molecule has 0 aliphatic carbocycles. The maximum Gasteiger partial charge on any atom is 0.341 e. The average molecular weight is 256 g/mol. The number of amides is 1. The molecule has 1 rings (SSSR count). The minimum absolute atomic E-state index is 0.0327. The molecule has 0 atom stereocenters. The van der Waals surface area contributed by atoms with Crippen molar-refractivity contribution in [2.75, 3.05) is 12.3 Å². The molecule has 0 bridgehead atoms. The maximum absolute atomic E-state index is 11.5. The molecule has 6 heteroatoms. The van der Waals surface area contributed by atoms with E-state index in [0.29, 0.717) is 30.1 Å². The van der Waals surface area contributed by atoms with E-state index in [9.17, 15) is 9.59 Å². The molecule has 0 fully saturated rings. The number of nitrogen functional groups attached to an aromatic ring is 1. The summed E-state index contributed by atoms with van der Waals surface area (Å²) >= 11 is 1.28. The summed E-state index contributed by atoms with van der Waals surface area (Å²) in [6.45, 7) is 4.22. The van der Waals surface area contributed by atoms with Crippen LogP contribution in [0.25, 0.3) is 0 Å². The van der Waals surface area contributed by atoms with E-state index in [-0.39, 0.29) is 5.91 Å². The first-order valence-electron chi connectivity index (χ1n) is 5.40. The van der Waals surface area contributed by atoms with Gasteiger partial charge in [-0.05, 0) is 13.0 Å². The van der Waals surface area contributed by atoms with Gasteiger partial charge in [-0.2, -0.15) is 0 Å². The lowest BCUT2D eigenvalue weighted by Crippen LogP contribution is -2.20. The summed E-state index contributed by atoms with van der Waals surface area (Å²) in [6, 6.07) is 1.66. The summed E-state index contributed by atoms with van der Waals surface area (Å²) in [5, 5.41) is 3.14. The van der Waals surface area contributed by atoms with E-state index in [0.717, 1.165) is 4.88 Å². The third-order valence-electron chi connectivity index (χ3n) is 2.09. The Balaban J connectivity index is 2.68. The summed E-state index contributed by atoms with van der Waals surface area (Å²) in [6.07, 6.45) is 0.436. The van der Waals surface area contributed by atoms with E-state index in [1.807, 2.05) is 0 Å². The van der Waals surface area contributed by atoms with Gasteiger partial charge in [0.25, 0.3) is 0 Å². The fourth-order valence-corrected chi connectivity index (χ4v) is 2.08. The van der Waals surface area contributed by atoms with Crippen LogP contribution in [0, 0.1) is 0 Å². The molecule has 0 spiro atoms. The maximum atomic E-state index is 11.5. The van der Waals surface area contributed by atoms with Crippen molar-refractivity contribution in [3.63, 3.8) is 0 Å². The molecule has 0 aliphatic rings. The number of anilines is 1. The lowest BCUT2D eigenvalue weighted by molar-refractivity contribution is -0.120. The Labute approximate surface area is 104 Å². The van der Waals surface area contributed by atoms with Crippen LogP contribution in [0.4, 0.5) is 5.00 Å². The third kappa shape index (κ3) is 3.74. The molecular formula is C11H16N2O3S. The lowest BCUT2D eigenvalue weighted by Gasteiger charge is -1.99. The summed E-state index contributed by atoms with van der Waals surface area (Å²) in [7, 11) is 0. The number of nitrogens with one attached hydrogen (secondary N) is 1. The normalized spacial score (nSPS) is 10.0. The molecule has 0 unspecified atom stereocenters. The second-order valence-corrected chi connectivity index (χ2v) is 4.51. The highest BCUT2D eigenvalue weighted by Crippen LogP contribution is 2.25.